The molecule has 0 aliphatic rings. The molecule has 0 aliphatic heterocycles. The van der Waals surface area contributed by atoms with Crippen molar-refractivity contribution in [3.63, 3.8) is 0 Å². The van der Waals surface area contributed by atoms with Gasteiger partial charge in [0, 0.05) is 6.42 Å². The number of carbonyl (C=O) groups is 1. The molecule has 0 aromatic heterocycles. The second kappa shape index (κ2) is 34.6. The summed E-state index contributed by atoms with van der Waals surface area (Å²) in [5.74, 6) is -0.653. The summed E-state index contributed by atoms with van der Waals surface area (Å²) in [7, 11) is 0. The van der Waals surface area contributed by atoms with Crippen LogP contribution in [0.1, 0.15) is 181 Å². The Kier molecular flexibility index (Phi) is 37.4. The zero-order valence-corrected chi connectivity index (χ0v) is 25.4. The molecule has 3 heteroatoms. The molecule has 2 nitrogen and oxygen atoms in total. The second-order valence-electron chi connectivity index (χ2n) is 10.3. The maximum atomic E-state index is 10.3. The van der Waals surface area contributed by atoms with E-state index in [1.807, 2.05) is 0 Å². The third-order valence-corrected chi connectivity index (χ3v) is 7.41. The quantitative estimate of drug-likeness (QED) is 0.0995. The maximum absolute atomic E-state index is 10.3. The minimum atomic E-state index is -0.653. The predicted molar refractivity (Wildman–Crippen MR) is 150 cm³/mol. The monoisotopic (exact) mass is 476 g/mol. The zero-order valence-electron chi connectivity index (χ0n) is 23.4. The molecule has 0 aromatic rings. The van der Waals surface area contributed by atoms with Crippen LogP contribution >= 0.6 is 0 Å². The van der Waals surface area contributed by atoms with Crippen LogP contribution in [0.5, 0.6) is 0 Å². The van der Waals surface area contributed by atoms with Crippen molar-refractivity contribution in [1.29, 1.82) is 0 Å². The van der Waals surface area contributed by atoms with Gasteiger partial charge in [0.2, 0.25) is 0 Å². The summed E-state index contributed by atoms with van der Waals surface area (Å²) in [6.07, 6.45) is 34.9. The van der Waals surface area contributed by atoms with Gasteiger partial charge in [0.25, 0.3) is 0 Å². The minimum absolute atomic E-state index is 0.345. The van der Waals surface area contributed by atoms with Crippen molar-refractivity contribution in [1.82, 2.24) is 0 Å². The first kappa shape index (κ1) is 35.6. The van der Waals surface area contributed by atoms with E-state index < -0.39 is 5.97 Å². The molecule has 0 unspecified atom stereocenters. The first-order valence-corrected chi connectivity index (χ1v) is 16.8. The van der Waals surface area contributed by atoms with E-state index in [4.69, 9.17) is 5.11 Å². The van der Waals surface area contributed by atoms with Gasteiger partial charge in [-0.1, -0.05) is 96.8 Å². The van der Waals surface area contributed by atoms with Gasteiger partial charge in [-0.2, -0.15) is 0 Å². The van der Waals surface area contributed by atoms with E-state index in [1.54, 1.807) is 0 Å². The number of carboxylic acids is 1. The van der Waals surface area contributed by atoms with Crippen LogP contribution in [0, 0.1) is 0 Å². The summed E-state index contributed by atoms with van der Waals surface area (Å²) < 4.78 is 1.51. The molecule has 1 N–H and O–H groups in total. The summed E-state index contributed by atoms with van der Waals surface area (Å²) in [4.78, 5) is 10.3. The fourth-order valence-electron chi connectivity index (χ4n) is 4.38. The van der Waals surface area contributed by atoms with Crippen LogP contribution in [0.2, 0.25) is 3.67 Å². The molecular weight excluding hydrogens is 415 g/mol. The normalized spacial score (nSPS) is 10.8. The van der Waals surface area contributed by atoms with E-state index in [9.17, 15) is 4.79 Å². The number of rotatable bonds is 26. The number of hydrogen-bond acceptors (Lipinski definition) is 1. The summed E-state index contributed by atoms with van der Waals surface area (Å²) in [5.41, 5.74) is 0. The van der Waals surface area contributed by atoms with Crippen LogP contribution in [0.3, 0.4) is 0 Å². The van der Waals surface area contributed by atoms with Crippen molar-refractivity contribution in [3.8, 4) is 0 Å². The van der Waals surface area contributed by atoms with Crippen molar-refractivity contribution in [2.45, 2.75) is 184 Å². The average molecular weight is 477 g/mol. The summed E-state index contributed by atoms with van der Waals surface area (Å²) >= 11 is 1.41. The number of aliphatic carboxylic acids is 1. The standard InChI is InChI=1S/C18H36O2.C12H25.Na/c1-2-3-4-5-6-7-8-9-10-11-12-13-14-15-16-17-18(19)20;1-3-5-7-9-11-12-10-8-6-4-2;/h2-17H2,1H3,(H,19,20);1,3-12H2,2H3;. The summed E-state index contributed by atoms with van der Waals surface area (Å²) in [5, 5.41) is 8.52. The SMILES string of the molecule is CCCCCCCCCCCCCCCCCC(=O)O.CCCCCCCCCCC[CH2][Na]. The van der Waals surface area contributed by atoms with Crippen LogP contribution in [-0.2, 0) is 4.79 Å². The molecule has 0 heterocycles. The molecule has 0 spiro atoms. The van der Waals surface area contributed by atoms with Gasteiger partial charge >= 0.3 is 109 Å². The fourth-order valence-corrected chi connectivity index (χ4v) is 4.88. The molecular formula is C30H61NaO2. The molecule has 194 valence electrons. The van der Waals surface area contributed by atoms with Crippen molar-refractivity contribution in [2.24, 2.45) is 0 Å². The molecule has 0 bridgehead atoms. The first-order valence-electron chi connectivity index (χ1n) is 15.4. The molecule has 33 heavy (non-hydrogen) atoms. The average Bonchev–Trinajstić information content (AvgIpc) is 2.81. The molecule has 0 radical (unpaired) electrons. The van der Waals surface area contributed by atoms with Crippen molar-refractivity contribution in [3.05, 3.63) is 0 Å². The van der Waals surface area contributed by atoms with Gasteiger partial charge < -0.3 is 5.11 Å². The summed E-state index contributed by atoms with van der Waals surface area (Å²) in [6.45, 7) is 4.56. The molecule has 0 atom stereocenters. The van der Waals surface area contributed by atoms with Gasteiger partial charge in [0.15, 0.2) is 0 Å². The van der Waals surface area contributed by atoms with E-state index in [1.165, 1.54) is 179 Å². The molecule has 0 aromatic carbocycles. The van der Waals surface area contributed by atoms with Crippen molar-refractivity contribution in [2.75, 3.05) is 0 Å². The van der Waals surface area contributed by atoms with E-state index in [-0.39, 0.29) is 0 Å². The fraction of sp³-hybridized carbons (Fsp3) is 0.967. The Bertz CT molecular complexity index is 336. The van der Waals surface area contributed by atoms with Crippen molar-refractivity contribution < 1.29 is 9.90 Å². The third-order valence-electron chi connectivity index (χ3n) is 6.70. The Labute approximate surface area is 227 Å². The Hall–Kier alpha value is 0.470. The van der Waals surface area contributed by atoms with Crippen LogP contribution in [0.4, 0.5) is 0 Å². The van der Waals surface area contributed by atoms with Crippen LogP contribution in [0.15, 0.2) is 0 Å². The van der Waals surface area contributed by atoms with E-state index in [0.717, 1.165) is 12.8 Å². The number of unbranched alkanes of at least 4 members (excludes halogenated alkanes) is 23. The molecule has 0 fully saturated rings. The molecule has 0 saturated carbocycles. The Morgan fingerprint density at radius 1 is 0.455 bits per heavy atom. The summed E-state index contributed by atoms with van der Waals surface area (Å²) in [6, 6.07) is 0. The van der Waals surface area contributed by atoms with Crippen molar-refractivity contribution >= 4 is 33.9 Å². The Morgan fingerprint density at radius 2 is 0.697 bits per heavy atom. The molecule has 0 saturated heterocycles. The van der Waals surface area contributed by atoms with Crippen LogP contribution in [0.25, 0.3) is 0 Å². The number of hydrogen-bond donors (Lipinski definition) is 1. The van der Waals surface area contributed by atoms with E-state index in [0.29, 0.717) is 6.42 Å². The van der Waals surface area contributed by atoms with E-state index >= 15 is 0 Å². The van der Waals surface area contributed by atoms with Gasteiger partial charge in [-0.05, 0) is 6.42 Å². The zero-order chi connectivity index (χ0) is 24.7. The van der Waals surface area contributed by atoms with Gasteiger partial charge in [-0.15, -0.1) is 0 Å². The molecule has 0 aliphatic carbocycles. The van der Waals surface area contributed by atoms with Crippen LogP contribution in [-0.4, -0.2) is 39.0 Å². The Balaban J connectivity index is 0. The topological polar surface area (TPSA) is 37.3 Å². The predicted octanol–water partition coefficient (Wildman–Crippen LogP) is 10.8. The van der Waals surface area contributed by atoms with Gasteiger partial charge in [0.1, 0.15) is 0 Å². The Morgan fingerprint density at radius 3 is 0.939 bits per heavy atom. The van der Waals surface area contributed by atoms with Crippen LogP contribution < -0.4 is 0 Å². The third kappa shape index (κ3) is 39.9. The second-order valence-corrected chi connectivity index (χ2v) is 11.3. The number of carboxylic acid groups (broad SMARTS) is 1. The molecule has 0 amide bonds. The van der Waals surface area contributed by atoms with E-state index in [2.05, 4.69) is 13.8 Å². The van der Waals surface area contributed by atoms with Gasteiger partial charge in [-0.25, -0.2) is 0 Å². The first-order chi connectivity index (χ1) is 16.2. The molecule has 0 rings (SSSR count). The van der Waals surface area contributed by atoms with Gasteiger partial charge in [-0.3, -0.25) is 4.79 Å². The van der Waals surface area contributed by atoms with Gasteiger partial charge in [0.05, 0.1) is 0 Å².